The lowest BCUT2D eigenvalue weighted by atomic mass is 9.85. The molecule has 0 rings (SSSR count). The van der Waals surface area contributed by atoms with Crippen LogP contribution in [0.4, 0.5) is 0 Å². The Bertz CT molecular complexity index is 162. The predicted octanol–water partition coefficient (Wildman–Crippen LogP) is 4.86. The molecule has 124 valence electrons. The van der Waals surface area contributed by atoms with Crippen LogP contribution in [-0.2, 0) is 4.74 Å². The molecule has 0 aromatic heterocycles. The van der Waals surface area contributed by atoms with Crippen molar-refractivity contribution in [1.29, 1.82) is 0 Å². The van der Waals surface area contributed by atoms with E-state index in [0.717, 1.165) is 13.2 Å². The van der Waals surface area contributed by atoms with Gasteiger partial charge in [0.25, 0.3) is 0 Å². The van der Waals surface area contributed by atoms with Gasteiger partial charge in [0.05, 0.1) is 0 Å². The first-order chi connectivity index (χ1) is 9.18. The smallest absolute Gasteiger partial charge is 0.0499 e. The fraction of sp³-hybridized carbons (Fsp3) is 1.00. The summed E-state index contributed by atoms with van der Waals surface area (Å²) in [7, 11) is 0. The summed E-state index contributed by atoms with van der Waals surface area (Å²) >= 11 is 0. The van der Waals surface area contributed by atoms with Crippen LogP contribution < -0.4 is 0 Å². The maximum Gasteiger partial charge on any atom is 0.0499 e. The normalized spacial score (nSPS) is 12.0. The molecule has 1 N–H and O–H groups in total. The molecule has 20 heavy (non-hydrogen) atoms. The zero-order valence-corrected chi connectivity index (χ0v) is 15.4. The van der Waals surface area contributed by atoms with Crippen LogP contribution in [0, 0.1) is 35.5 Å². The fourth-order valence-corrected chi connectivity index (χ4v) is 2.65. The summed E-state index contributed by atoms with van der Waals surface area (Å²) in [4.78, 5) is 0. The largest absolute Gasteiger partial charge is 0.397 e. The summed E-state index contributed by atoms with van der Waals surface area (Å²) in [6, 6.07) is 0. The van der Waals surface area contributed by atoms with E-state index in [1.807, 2.05) is 0 Å². The van der Waals surface area contributed by atoms with Gasteiger partial charge < -0.3 is 9.84 Å². The molecule has 0 bridgehead atoms. The van der Waals surface area contributed by atoms with E-state index in [2.05, 4.69) is 55.4 Å². The zero-order valence-electron chi connectivity index (χ0n) is 15.4. The summed E-state index contributed by atoms with van der Waals surface area (Å²) < 4.78 is 6.00. The standard InChI is InChI=1S/C16H34O.C2H6O/c1-11(2)15(12(3)4)9-17-10-16(13(5)6)14(7)8;1-2-3/h11-16H,9-10H2,1-8H3;3H,2H2,1H3. The highest BCUT2D eigenvalue weighted by atomic mass is 16.5. The summed E-state index contributed by atoms with van der Waals surface area (Å²) in [6.45, 7) is 22.2. The maximum absolute atomic E-state index is 7.57. The Kier molecular flexibility index (Phi) is 14.0. The Morgan fingerprint density at radius 3 is 1.00 bits per heavy atom. The third-order valence-corrected chi connectivity index (χ3v) is 4.05. The van der Waals surface area contributed by atoms with Gasteiger partial charge in [-0.3, -0.25) is 0 Å². The molecule has 0 saturated carbocycles. The van der Waals surface area contributed by atoms with Crippen LogP contribution in [-0.4, -0.2) is 24.9 Å². The van der Waals surface area contributed by atoms with Crippen molar-refractivity contribution in [2.75, 3.05) is 19.8 Å². The molecule has 0 unspecified atom stereocenters. The van der Waals surface area contributed by atoms with E-state index in [4.69, 9.17) is 9.84 Å². The van der Waals surface area contributed by atoms with Crippen molar-refractivity contribution < 1.29 is 9.84 Å². The number of rotatable bonds is 8. The van der Waals surface area contributed by atoms with Gasteiger partial charge in [-0.1, -0.05) is 55.4 Å². The van der Waals surface area contributed by atoms with E-state index in [9.17, 15) is 0 Å². The van der Waals surface area contributed by atoms with Gasteiger partial charge in [-0.05, 0) is 42.4 Å². The molecule has 0 aliphatic rings. The van der Waals surface area contributed by atoms with Crippen molar-refractivity contribution in [1.82, 2.24) is 0 Å². The summed E-state index contributed by atoms with van der Waals surface area (Å²) in [5.74, 6) is 4.24. The molecule has 0 aromatic carbocycles. The number of ether oxygens (including phenoxy) is 1. The Morgan fingerprint density at radius 2 is 0.850 bits per heavy atom. The van der Waals surface area contributed by atoms with Crippen LogP contribution in [0.5, 0.6) is 0 Å². The van der Waals surface area contributed by atoms with Crippen LogP contribution in [0.25, 0.3) is 0 Å². The Labute approximate surface area is 128 Å². The maximum atomic E-state index is 7.57. The third kappa shape index (κ3) is 10.7. The summed E-state index contributed by atoms with van der Waals surface area (Å²) in [5, 5.41) is 7.57. The third-order valence-electron chi connectivity index (χ3n) is 4.05. The minimum Gasteiger partial charge on any atom is -0.397 e. The molecular formula is C18H40O2. The number of hydrogen-bond donors (Lipinski definition) is 1. The van der Waals surface area contributed by atoms with E-state index < -0.39 is 0 Å². The highest BCUT2D eigenvalue weighted by molar-refractivity contribution is 4.69. The van der Waals surface area contributed by atoms with Crippen molar-refractivity contribution in [3.05, 3.63) is 0 Å². The van der Waals surface area contributed by atoms with Crippen LogP contribution in [0.2, 0.25) is 0 Å². The van der Waals surface area contributed by atoms with Gasteiger partial charge in [-0.15, -0.1) is 0 Å². The number of hydrogen-bond acceptors (Lipinski definition) is 2. The van der Waals surface area contributed by atoms with Crippen LogP contribution in [0.3, 0.4) is 0 Å². The number of aliphatic hydroxyl groups is 1. The lowest BCUT2D eigenvalue weighted by Crippen LogP contribution is -2.26. The Hall–Kier alpha value is -0.0800. The second kappa shape index (κ2) is 12.6. The zero-order chi connectivity index (χ0) is 16.3. The molecule has 2 heteroatoms. The van der Waals surface area contributed by atoms with Crippen molar-refractivity contribution >= 4 is 0 Å². The lowest BCUT2D eigenvalue weighted by Gasteiger charge is -2.28. The molecule has 0 fully saturated rings. The van der Waals surface area contributed by atoms with Crippen molar-refractivity contribution in [2.24, 2.45) is 35.5 Å². The van der Waals surface area contributed by atoms with Gasteiger partial charge in [0.1, 0.15) is 0 Å². The van der Waals surface area contributed by atoms with E-state index in [-0.39, 0.29) is 6.61 Å². The average Bonchev–Trinajstić information content (AvgIpc) is 2.27. The minimum atomic E-state index is 0.250. The van der Waals surface area contributed by atoms with Crippen molar-refractivity contribution in [3.8, 4) is 0 Å². The van der Waals surface area contributed by atoms with Crippen molar-refractivity contribution in [3.63, 3.8) is 0 Å². The highest BCUT2D eigenvalue weighted by Crippen LogP contribution is 2.24. The lowest BCUT2D eigenvalue weighted by molar-refractivity contribution is 0.0210. The van der Waals surface area contributed by atoms with E-state index >= 15 is 0 Å². The molecule has 0 saturated heterocycles. The van der Waals surface area contributed by atoms with Crippen LogP contribution in [0.15, 0.2) is 0 Å². The van der Waals surface area contributed by atoms with E-state index in [0.29, 0.717) is 35.5 Å². The topological polar surface area (TPSA) is 29.5 Å². The van der Waals surface area contributed by atoms with Gasteiger partial charge in [-0.2, -0.15) is 0 Å². The first kappa shape index (κ1) is 22.2. The van der Waals surface area contributed by atoms with Gasteiger partial charge in [0.2, 0.25) is 0 Å². The van der Waals surface area contributed by atoms with Crippen LogP contribution in [0.1, 0.15) is 62.3 Å². The first-order valence-electron chi connectivity index (χ1n) is 8.37. The molecule has 0 aromatic rings. The molecule has 0 amide bonds. The molecule has 0 radical (unpaired) electrons. The minimum absolute atomic E-state index is 0.250. The Morgan fingerprint density at radius 1 is 0.650 bits per heavy atom. The monoisotopic (exact) mass is 288 g/mol. The molecular weight excluding hydrogens is 248 g/mol. The SMILES string of the molecule is CC(C)C(COCC(C(C)C)C(C)C)C(C)C.CCO. The van der Waals surface area contributed by atoms with Gasteiger partial charge in [-0.25, -0.2) is 0 Å². The highest BCUT2D eigenvalue weighted by Gasteiger charge is 2.21. The molecule has 0 aliphatic heterocycles. The number of aliphatic hydroxyl groups excluding tert-OH is 1. The molecule has 2 nitrogen and oxygen atoms in total. The van der Waals surface area contributed by atoms with Crippen molar-refractivity contribution in [2.45, 2.75) is 62.3 Å². The fourth-order valence-electron chi connectivity index (χ4n) is 2.65. The van der Waals surface area contributed by atoms with Crippen LogP contribution >= 0.6 is 0 Å². The van der Waals surface area contributed by atoms with Gasteiger partial charge >= 0.3 is 0 Å². The average molecular weight is 289 g/mol. The molecule has 0 heterocycles. The van der Waals surface area contributed by atoms with Gasteiger partial charge in [0.15, 0.2) is 0 Å². The van der Waals surface area contributed by atoms with Gasteiger partial charge in [0, 0.05) is 19.8 Å². The second-order valence-corrected chi connectivity index (χ2v) is 7.16. The molecule has 0 aliphatic carbocycles. The quantitative estimate of drug-likeness (QED) is 0.691. The first-order valence-corrected chi connectivity index (χ1v) is 8.37. The Balaban J connectivity index is 0. The molecule has 0 spiro atoms. The van der Waals surface area contributed by atoms with E-state index in [1.54, 1.807) is 6.92 Å². The summed E-state index contributed by atoms with van der Waals surface area (Å²) in [6.07, 6.45) is 0. The molecule has 0 atom stereocenters. The predicted molar refractivity (Wildman–Crippen MR) is 89.9 cm³/mol. The van der Waals surface area contributed by atoms with E-state index in [1.165, 1.54) is 0 Å². The second-order valence-electron chi connectivity index (χ2n) is 7.16. The summed E-state index contributed by atoms with van der Waals surface area (Å²) in [5.41, 5.74) is 0.